The fourth-order valence-electron chi connectivity index (χ4n) is 2.51. The number of nitrogens with one attached hydrogen (secondary N) is 1. The van der Waals surface area contributed by atoms with Gasteiger partial charge in [-0.1, -0.05) is 31.9 Å². The first-order valence-electron chi connectivity index (χ1n) is 7.29. The number of thioether (sulfide) groups is 1. The Kier molecular flexibility index (Phi) is 5.58. The van der Waals surface area contributed by atoms with Crippen LogP contribution in [-0.4, -0.2) is 11.8 Å². The SMILES string of the molecule is CCCNC(C)c1ccc(SC2CCCC2)cc1. The van der Waals surface area contributed by atoms with Gasteiger partial charge in [0.15, 0.2) is 0 Å². The molecule has 0 aromatic heterocycles. The van der Waals surface area contributed by atoms with Gasteiger partial charge in [0.05, 0.1) is 0 Å². The highest BCUT2D eigenvalue weighted by Crippen LogP contribution is 2.34. The Bertz CT molecular complexity index is 341. The number of rotatable bonds is 6. The van der Waals surface area contributed by atoms with Gasteiger partial charge in [0, 0.05) is 16.2 Å². The smallest absolute Gasteiger partial charge is 0.0291 e. The minimum absolute atomic E-state index is 0.468. The van der Waals surface area contributed by atoms with E-state index in [0.29, 0.717) is 6.04 Å². The summed E-state index contributed by atoms with van der Waals surface area (Å²) in [5.41, 5.74) is 1.40. The van der Waals surface area contributed by atoms with Crippen LogP contribution in [0.2, 0.25) is 0 Å². The van der Waals surface area contributed by atoms with E-state index in [2.05, 4.69) is 55.2 Å². The van der Waals surface area contributed by atoms with E-state index in [1.54, 1.807) is 0 Å². The first kappa shape index (κ1) is 14.0. The van der Waals surface area contributed by atoms with Crippen LogP contribution in [0.1, 0.15) is 57.6 Å². The van der Waals surface area contributed by atoms with Gasteiger partial charge in [-0.3, -0.25) is 0 Å². The summed E-state index contributed by atoms with van der Waals surface area (Å²) in [4.78, 5) is 1.44. The Labute approximate surface area is 116 Å². The Morgan fingerprint density at radius 2 is 1.89 bits per heavy atom. The van der Waals surface area contributed by atoms with Crippen LogP contribution in [0.25, 0.3) is 0 Å². The van der Waals surface area contributed by atoms with Gasteiger partial charge in [0.1, 0.15) is 0 Å². The van der Waals surface area contributed by atoms with E-state index in [9.17, 15) is 0 Å². The maximum atomic E-state index is 3.53. The maximum absolute atomic E-state index is 3.53. The van der Waals surface area contributed by atoms with Crippen molar-refractivity contribution < 1.29 is 0 Å². The van der Waals surface area contributed by atoms with E-state index >= 15 is 0 Å². The van der Waals surface area contributed by atoms with Gasteiger partial charge < -0.3 is 5.32 Å². The maximum Gasteiger partial charge on any atom is 0.0291 e. The van der Waals surface area contributed by atoms with Crippen molar-refractivity contribution in [3.05, 3.63) is 29.8 Å². The van der Waals surface area contributed by atoms with E-state index in [1.807, 2.05) is 0 Å². The second-order valence-corrected chi connectivity index (χ2v) is 6.64. The van der Waals surface area contributed by atoms with E-state index < -0.39 is 0 Å². The molecule has 0 bridgehead atoms. The molecule has 0 saturated heterocycles. The fourth-order valence-corrected chi connectivity index (χ4v) is 3.76. The molecule has 0 heterocycles. The second-order valence-electron chi connectivity index (χ2n) is 5.27. The molecule has 2 rings (SSSR count). The average molecular weight is 263 g/mol. The van der Waals surface area contributed by atoms with Crippen LogP contribution < -0.4 is 5.32 Å². The van der Waals surface area contributed by atoms with Crippen LogP contribution in [0.3, 0.4) is 0 Å². The summed E-state index contributed by atoms with van der Waals surface area (Å²) in [6.07, 6.45) is 6.85. The molecule has 0 spiro atoms. The molecule has 1 saturated carbocycles. The van der Waals surface area contributed by atoms with Gasteiger partial charge in [-0.15, -0.1) is 11.8 Å². The molecule has 1 N–H and O–H groups in total. The monoisotopic (exact) mass is 263 g/mol. The third kappa shape index (κ3) is 4.03. The molecule has 18 heavy (non-hydrogen) atoms. The number of benzene rings is 1. The van der Waals surface area contributed by atoms with Crippen molar-refractivity contribution in [2.45, 2.75) is 62.1 Å². The van der Waals surface area contributed by atoms with Gasteiger partial charge in [-0.05, 0) is 50.4 Å². The molecule has 1 nitrogen and oxygen atoms in total. The Morgan fingerprint density at radius 1 is 1.22 bits per heavy atom. The summed E-state index contributed by atoms with van der Waals surface area (Å²) in [6, 6.07) is 9.62. The van der Waals surface area contributed by atoms with Gasteiger partial charge in [0.25, 0.3) is 0 Å². The standard InChI is InChI=1S/C16H25NS/c1-3-12-17-13(2)14-8-10-16(11-9-14)18-15-6-4-5-7-15/h8-11,13,15,17H,3-7,12H2,1-2H3. The quantitative estimate of drug-likeness (QED) is 0.792. The summed E-state index contributed by atoms with van der Waals surface area (Å²) in [6.45, 7) is 5.55. The molecule has 1 aliphatic rings. The Hall–Kier alpha value is -0.470. The molecule has 1 aromatic rings. The van der Waals surface area contributed by atoms with E-state index in [4.69, 9.17) is 0 Å². The summed E-state index contributed by atoms with van der Waals surface area (Å²) in [5.74, 6) is 0. The van der Waals surface area contributed by atoms with Crippen molar-refractivity contribution in [3.8, 4) is 0 Å². The van der Waals surface area contributed by atoms with E-state index in [1.165, 1.54) is 42.6 Å². The van der Waals surface area contributed by atoms with Gasteiger partial charge >= 0.3 is 0 Å². The van der Waals surface area contributed by atoms with E-state index in [0.717, 1.165) is 11.8 Å². The van der Waals surface area contributed by atoms with Crippen LogP contribution in [0.5, 0.6) is 0 Å². The largest absolute Gasteiger partial charge is 0.310 e. The van der Waals surface area contributed by atoms with Crippen LogP contribution in [0.4, 0.5) is 0 Å². The second kappa shape index (κ2) is 7.20. The normalized spacial score (nSPS) is 18.1. The summed E-state index contributed by atoms with van der Waals surface area (Å²) < 4.78 is 0. The van der Waals surface area contributed by atoms with Crippen LogP contribution >= 0.6 is 11.8 Å². The first-order chi connectivity index (χ1) is 8.79. The minimum Gasteiger partial charge on any atom is -0.310 e. The molecule has 0 radical (unpaired) electrons. The van der Waals surface area contributed by atoms with Crippen LogP contribution in [0, 0.1) is 0 Å². The fraction of sp³-hybridized carbons (Fsp3) is 0.625. The topological polar surface area (TPSA) is 12.0 Å². The lowest BCUT2D eigenvalue weighted by Crippen LogP contribution is -2.19. The molecular formula is C16H25NS. The summed E-state index contributed by atoms with van der Waals surface area (Å²) >= 11 is 2.07. The molecule has 0 amide bonds. The van der Waals surface area contributed by atoms with Crippen molar-refractivity contribution in [2.75, 3.05) is 6.54 Å². The highest BCUT2D eigenvalue weighted by atomic mass is 32.2. The van der Waals surface area contributed by atoms with Crippen LogP contribution in [-0.2, 0) is 0 Å². The van der Waals surface area contributed by atoms with Gasteiger partial charge in [-0.25, -0.2) is 0 Å². The predicted molar refractivity (Wildman–Crippen MR) is 81.3 cm³/mol. The average Bonchev–Trinajstić information content (AvgIpc) is 2.89. The van der Waals surface area contributed by atoms with Crippen molar-refractivity contribution in [1.29, 1.82) is 0 Å². The molecule has 100 valence electrons. The highest BCUT2D eigenvalue weighted by molar-refractivity contribution is 8.00. The molecular weight excluding hydrogens is 238 g/mol. The van der Waals surface area contributed by atoms with Crippen molar-refractivity contribution >= 4 is 11.8 Å². The lowest BCUT2D eigenvalue weighted by molar-refractivity contribution is 0.570. The zero-order chi connectivity index (χ0) is 12.8. The predicted octanol–water partition coefficient (Wildman–Crippen LogP) is 4.78. The minimum atomic E-state index is 0.468. The van der Waals surface area contributed by atoms with Crippen molar-refractivity contribution in [3.63, 3.8) is 0 Å². The summed E-state index contributed by atoms with van der Waals surface area (Å²) in [7, 11) is 0. The lowest BCUT2D eigenvalue weighted by Gasteiger charge is -2.14. The molecule has 0 aliphatic heterocycles. The number of hydrogen-bond acceptors (Lipinski definition) is 2. The first-order valence-corrected chi connectivity index (χ1v) is 8.17. The van der Waals surface area contributed by atoms with Crippen molar-refractivity contribution in [2.24, 2.45) is 0 Å². The van der Waals surface area contributed by atoms with E-state index in [-0.39, 0.29) is 0 Å². The van der Waals surface area contributed by atoms with Crippen LogP contribution in [0.15, 0.2) is 29.2 Å². The Morgan fingerprint density at radius 3 is 2.50 bits per heavy atom. The zero-order valence-corrected chi connectivity index (χ0v) is 12.4. The number of hydrogen-bond donors (Lipinski definition) is 1. The molecule has 1 aliphatic carbocycles. The molecule has 1 fully saturated rings. The summed E-state index contributed by atoms with van der Waals surface area (Å²) in [5, 5.41) is 4.40. The molecule has 1 unspecified atom stereocenters. The highest BCUT2D eigenvalue weighted by Gasteiger charge is 2.16. The van der Waals surface area contributed by atoms with Gasteiger partial charge in [0.2, 0.25) is 0 Å². The third-order valence-electron chi connectivity index (χ3n) is 3.69. The lowest BCUT2D eigenvalue weighted by atomic mass is 10.1. The molecule has 1 atom stereocenters. The zero-order valence-electron chi connectivity index (χ0n) is 11.6. The molecule has 2 heteroatoms. The Balaban J connectivity index is 1.88. The third-order valence-corrected chi connectivity index (χ3v) is 5.03. The van der Waals surface area contributed by atoms with Crippen molar-refractivity contribution in [1.82, 2.24) is 5.32 Å². The molecule has 1 aromatic carbocycles. The van der Waals surface area contributed by atoms with Gasteiger partial charge in [-0.2, -0.15) is 0 Å².